The Morgan fingerprint density at radius 1 is 1.18 bits per heavy atom. The molecule has 2 rings (SSSR count). The Labute approximate surface area is 130 Å². The number of nitrogens with zero attached hydrogens (tertiary/aromatic N) is 1. The second-order valence-electron chi connectivity index (χ2n) is 6.79. The number of carbonyl (C=O) groups is 1. The van der Waals surface area contributed by atoms with Crippen molar-refractivity contribution < 1.29 is 18.3 Å². The number of rotatable bonds is 4. The third-order valence-corrected chi connectivity index (χ3v) is 3.76. The molecular formula is C17H23F2NO2. The first-order chi connectivity index (χ1) is 10.3. The Morgan fingerprint density at radius 3 is 2.23 bits per heavy atom. The van der Waals surface area contributed by atoms with Gasteiger partial charge in [-0.05, 0) is 23.1 Å². The van der Waals surface area contributed by atoms with E-state index in [1.807, 2.05) is 4.90 Å². The van der Waals surface area contributed by atoms with Crippen molar-refractivity contribution in [2.24, 2.45) is 0 Å². The fourth-order valence-corrected chi connectivity index (χ4v) is 2.74. The zero-order valence-corrected chi connectivity index (χ0v) is 13.4. The predicted molar refractivity (Wildman–Crippen MR) is 81.0 cm³/mol. The molecule has 22 heavy (non-hydrogen) atoms. The van der Waals surface area contributed by atoms with Crippen LogP contribution >= 0.6 is 0 Å². The van der Waals surface area contributed by atoms with Crippen LogP contribution in [-0.4, -0.2) is 43.5 Å². The molecule has 0 N–H and O–H groups in total. The van der Waals surface area contributed by atoms with Crippen LogP contribution in [-0.2, 0) is 21.4 Å². The molecule has 0 saturated carbocycles. The van der Waals surface area contributed by atoms with Crippen molar-refractivity contribution in [3.8, 4) is 0 Å². The van der Waals surface area contributed by atoms with Crippen molar-refractivity contribution in [1.82, 2.24) is 4.90 Å². The van der Waals surface area contributed by atoms with E-state index in [2.05, 4.69) is 0 Å². The lowest BCUT2D eigenvalue weighted by molar-refractivity contribution is -0.120. The lowest BCUT2D eigenvalue weighted by Crippen LogP contribution is -2.39. The van der Waals surface area contributed by atoms with Gasteiger partial charge in [-0.15, -0.1) is 0 Å². The zero-order chi connectivity index (χ0) is 16.3. The lowest BCUT2D eigenvalue weighted by atomic mass is 9.85. The van der Waals surface area contributed by atoms with Crippen molar-refractivity contribution >= 4 is 5.78 Å². The zero-order valence-electron chi connectivity index (χ0n) is 13.4. The SMILES string of the molecule is CC(C)(C)c1c(F)cc(CC(=O)CN2CCOCC2)cc1F. The van der Waals surface area contributed by atoms with Crippen molar-refractivity contribution in [1.29, 1.82) is 0 Å². The first-order valence-electron chi connectivity index (χ1n) is 7.57. The third kappa shape index (κ3) is 4.34. The van der Waals surface area contributed by atoms with E-state index in [0.717, 1.165) is 13.1 Å². The highest BCUT2D eigenvalue weighted by molar-refractivity contribution is 5.82. The van der Waals surface area contributed by atoms with Gasteiger partial charge in [0, 0.05) is 25.1 Å². The number of carbonyl (C=O) groups excluding carboxylic acids is 1. The minimum atomic E-state index is -0.607. The molecule has 1 aliphatic heterocycles. The van der Waals surface area contributed by atoms with E-state index < -0.39 is 17.0 Å². The molecule has 0 amide bonds. The number of benzene rings is 1. The first kappa shape index (κ1) is 17.0. The van der Waals surface area contributed by atoms with Gasteiger partial charge in [-0.3, -0.25) is 9.69 Å². The van der Waals surface area contributed by atoms with Gasteiger partial charge in [0.05, 0.1) is 19.8 Å². The molecular weight excluding hydrogens is 288 g/mol. The second-order valence-corrected chi connectivity index (χ2v) is 6.79. The summed E-state index contributed by atoms with van der Waals surface area (Å²) in [5.74, 6) is -1.20. The second kappa shape index (κ2) is 6.84. The monoisotopic (exact) mass is 311 g/mol. The van der Waals surface area contributed by atoms with Crippen LogP contribution in [0.1, 0.15) is 31.9 Å². The van der Waals surface area contributed by atoms with Crippen molar-refractivity contribution in [3.63, 3.8) is 0 Å². The topological polar surface area (TPSA) is 29.5 Å². The van der Waals surface area contributed by atoms with Crippen molar-refractivity contribution in [3.05, 3.63) is 34.9 Å². The van der Waals surface area contributed by atoms with Crippen LogP contribution in [0, 0.1) is 11.6 Å². The number of hydrogen-bond donors (Lipinski definition) is 0. The quantitative estimate of drug-likeness (QED) is 0.856. The molecule has 1 aromatic carbocycles. The maximum atomic E-state index is 14.1. The van der Waals surface area contributed by atoms with Crippen LogP contribution in [0.25, 0.3) is 0 Å². The van der Waals surface area contributed by atoms with Gasteiger partial charge in [-0.25, -0.2) is 8.78 Å². The number of morpholine rings is 1. The van der Waals surface area contributed by atoms with Gasteiger partial charge in [0.2, 0.25) is 0 Å². The highest BCUT2D eigenvalue weighted by atomic mass is 19.1. The average molecular weight is 311 g/mol. The van der Waals surface area contributed by atoms with Gasteiger partial charge >= 0.3 is 0 Å². The Balaban J connectivity index is 2.05. The van der Waals surface area contributed by atoms with Crippen LogP contribution in [0.4, 0.5) is 8.78 Å². The average Bonchev–Trinajstić information content (AvgIpc) is 2.36. The lowest BCUT2D eigenvalue weighted by Gasteiger charge is -2.25. The Bertz CT molecular complexity index is 523. The van der Waals surface area contributed by atoms with Crippen LogP contribution < -0.4 is 0 Å². The van der Waals surface area contributed by atoms with Crippen LogP contribution in [0.2, 0.25) is 0 Å². The highest BCUT2D eigenvalue weighted by Gasteiger charge is 2.24. The summed E-state index contributed by atoms with van der Waals surface area (Å²) in [6.45, 7) is 8.27. The van der Waals surface area contributed by atoms with Crippen molar-refractivity contribution in [2.45, 2.75) is 32.6 Å². The normalized spacial score (nSPS) is 16.8. The van der Waals surface area contributed by atoms with Gasteiger partial charge in [0.15, 0.2) is 5.78 Å². The fourth-order valence-electron chi connectivity index (χ4n) is 2.74. The molecule has 0 bridgehead atoms. The van der Waals surface area contributed by atoms with E-state index in [4.69, 9.17) is 4.74 Å². The minimum Gasteiger partial charge on any atom is -0.379 e. The van der Waals surface area contributed by atoms with E-state index in [0.29, 0.717) is 25.3 Å². The van der Waals surface area contributed by atoms with E-state index >= 15 is 0 Å². The third-order valence-electron chi connectivity index (χ3n) is 3.76. The van der Waals surface area contributed by atoms with E-state index in [1.165, 1.54) is 12.1 Å². The van der Waals surface area contributed by atoms with Gasteiger partial charge in [0.1, 0.15) is 11.6 Å². The molecule has 0 spiro atoms. The van der Waals surface area contributed by atoms with Crippen molar-refractivity contribution in [2.75, 3.05) is 32.8 Å². The Hall–Kier alpha value is -1.33. The molecule has 5 heteroatoms. The number of ether oxygens (including phenoxy) is 1. The molecule has 1 saturated heterocycles. The summed E-state index contributed by atoms with van der Waals surface area (Å²) < 4.78 is 33.5. The fraction of sp³-hybridized carbons (Fsp3) is 0.588. The molecule has 0 radical (unpaired) electrons. The molecule has 1 fully saturated rings. The van der Waals surface area contributed by atoms with Gasteiger partial charge in [-0.1, -0.05) is 20.8 Å². The van der Waals surface area contributed by atoms with Crippen LogP contribution in [0.5, 0.6) is 0 Å². The van der Waals surface area contributed by atoms with Gasteiger partial charge < -0.3 is 4.74 Å². The molecule has 1 aromatic rings. The highest BCUT2D eigenvalue weighted by Crippen LogP contribution is 2.28. The summed E-state index contributed by atoms with van der Waals surface area (Å²) in [7, 11) is 0. The predicted octanol–water partition coefficient (Wildman–Crippen LogP) is 2.71. The molecule has 3 nitrogen and oxygen atoms in total. The number of hydrogen-bond acceptors (Lipinski definition) is 3. The molecule has 0 atom stereocenters. The molecule has 0 unspecified atom stereocenters. The van der Waals surface area contributed by atoms with Crippen LogP contribution in [0.15, 0.2) is 12.1 Å². The summed E-state index contributed by atoms with van der Waals surface area (Å²) in [5, 5.41) is 0. The van der Waals surface area contributed by atoms with Crippen LogP contribution in [0.3, 0.4) is 0 Å². The van der Waals surface area contributed by atoms with Gasteiger partial charge in [-0.2, -0.15) is 0 Å². The molecule has 0 aromatic heterocycles. The standard InChI is InChI=1S/C17H23F2NO2/c1-17(2,3)16-14(18)9-12(10-15(16)19)8-13(21)11-20-4-6-22-7-5-20/h9-10H,4-8,11H2,1-3H3. The maximum Gasteiger partial charge on any atom is 0.151 e. The maximum absolute atomic E-state index is 14.1. The van der Waals surface area contributed by atoms with E-state index in [-0.39, 0.29) is 17.8 Å². The number of ketones is 1. The molecule has 1 heterocycles. The summed E-state index contributed by atoms with van der Waals surface area (Å²) in [6.07, 6.45) is 0.0512. The Kier molecular flexibility index (Phi) is 5.29. The number of Topliss-reactive ketones (excluding diaryl/α,β-unsaturated/α-hetero) is 1. The summed E-state index contributed by atoms with van der Waals surface area (Å²) in [6, 6.07) is 2.56. The minimum absolute atomic E-state index is 0.0378. The largest absolute Gasteiger partial charge is 0.379 e. The first-order valence-corrected chi connectivity index (χ1v) is 7.57. The van der Waals surface area contributed by atoms with Gasteiger partial charge in [0.25, 0.3) is 0 Å². The smallest absolute Gasteiger partial charge is 0.151 e. The summed E-state index contributed by atoms with van der Waals surface area (Å²) in [4.78, 5) is 14.1. The molecule has 122 valence electrons. The molecule has 0 aliphatic carbocycles. The Morgan fingerprint density at radius 2 is 1.73 bits per heavy atom. The molecule has 1 aliphatic rings. The summed E-state index contributed by atoms with van der Waals surface area (Å²) >= 11 is 0. The number of halogens is 2. The van der Waals surface area contributed by atoms with E-state index in [1.54, 1.807) is 20.8 Å². The van der Waals surface area contributed by atoms with E-state index in [9.17, 15) is 13.6 Å². The summed E-state index contributed by atoms with van der Waals surface area (Å²) in [5.41, 5.74) is -0.150.